The van der Waals surface area contributed by atoms with Crippen LogP contribution in [0.3, 0.4) is 0 Å². The largest absolute Gasteiger partial charge is 0.319 e. The van der Waals surface area contributed by atoms with E-state index < -0.39 is 10.8 Å². The number of hydrogen-bond acceptors (Lipinski definition) is 2. The normalized spacial score (nSPS) is 14.0. The van der Waals surface area contributed by atoms with Crippen molar-refractivity contribution in [2.24, 2.45) is 0 Å². The Kier molecular flexibility index (Phi) is 4.34. The van der Waals surface area contributed by atoms with Crippen molar-refractivity contribution in [1.29, 1.82) is 0 Å². The predicted octanol–water partition coefficient (Wildman–Crippen LogP) is -0.416. The van der Waals surface area contributed by atoms with E-state index in [1.165, 1.54) is 0 Å². The Morgan fingerprint density at radius 3 is 2.43 bits per heavy atom. The van der Waals surface area contributed by atoms with Crippen molar-refractivity contribution < 1.29 is 4.21 Å². The average Bonchev–Trinajstić information content (AvgIpc) is 1.61. The topological polar surface area (TPSA) is 29.1 Å². The van der Waals surface area contributed by atoms with Crippen molar-refractivity contribution in [3.63, 3.8) is 0 Å². The zero-order valence-electron chi connectivity index (χ0n) is 4.73. The standard InChI is InChI=1S/C4H11NOS/c1-5-3-4-7(2)6/h5H,3-4H2,1-2H3/t7-/m1/s1. The van der Waals surface area contributed by atoms with Gasteiger partial charge in [-0.25, -0.2) is 0 Å². The second-order valence-corrected chi connectivity index (χ2v) is 2.94. The van der Waals surface area contributed by atoms with E-state index in [0.29, 0.717) is 0 Å². The van der Waals surface area contributed by atoms with E-state index in [2.05, 4.69) is 5.32 Å². The van der Waals surface area contributed by atoms with Crippen LogP contribution >= 0.6 is 0 Å². The van der Waals surface area contributed by atoms with Crippen LogP contribution < -0.4 is 5.32 Å². The molecule has 0 radical (unpaired) electrons. The van der Waals surface area contributed by atoms with Crippen molar-refractivity contribution in [2.45, 2.75) is 0 Å². The van der Waals surface area contributed by atoms with Gasteiger partial charge in [-0.3, -0.25) is 4.21 Å². The lowest BCUT2D eigenvalue weighted by Gasteiger charge is -1.91. The third-order valence-electron chi connectivity index (χ3n) is 0.640. The van der Waals surface area contributed by atoms with Gasteiger partial charge in [0, 0.05) is 29.4 Å². The molecule has 0 heterocycles. The van der Waals surface area contributed by atoms with Gasteiger partial charge in [0.25, 0.3) is 0 Å². The van der Waals surface area contributed by atoms with Gasteiger partial charge in [0.05, 0.1) is 0 Å². The maximum absolute atomic E-state index is 10.3. The molecule has 44 valence electrons. The molecular weight excluding hydrogens is 110 g/mol. The van der Waals surface area contributed by atoms with Crippen LogP contribution in [-0.4, -0.2) is 29.8 Å². The lowest BCUT2D eigenvalue weighted by molar-refractivity contribution is 0.684. The molecule has 0 aromatic heterocycles. The summed E-state index contributed by atoms with van der Waals surface area (Å²) < 4.78 is 10.3. The highest BCUT2D eigenvalue weighted by Crippen LogP contribution is 1.67. The van der Waals surface area contributed by atoms with Gasteiger partial charge in [0.2, 0.25) is 0 Å². The van der Waals surface area contributed by atoms with E-state index in [1.54, 1.807) is 6.26 Å². The van der Waals surface area contributed by atoms with Gasteiger partial charge in [-0.2, -0.15) is 0 Å². The zero-order chi connectivity index (χ0) is 5.70. The zero-order valence-corrected chi connectivity index (χ0v) is 5.55. The van der Waals surface area contributed by atoms with Gasteiger partial charge in [0.15, 0.2) is 0 Å². The molecule has 2 nitrogen and oxygen atoms in total. The fourth-order valence-electron chi connectivity index (χ4n) is 0.246. The van der Waals surface area contributed by atoms with Crippen LogP contribution in [0.1, 0.15) is 0 Å². The minimum Gasteiger partial charge on any atom is -0.319 e. The van der Waals surface area contributed by atoms with E-state index >= 15 is 0 Å². The van der Waals surface area contributed by atoms with Crippen molar-refractivity contribution in [3.05, 3.63) is 0 Å². The second kappa shape index (κ2) is 4.27. The van der Waals surface area contributed by atoms with E-state index in [9.17, 15) is 4.21 Å². The third kappa shape index (κ3) is 6.11. The molecule has 7 heavy (non-hydrogen) atoms. The molecule has 1 atom stereocenters. The van der Waals surface area contributed by atoms with E-state index in [1.807, 2.05) is 7.05 Å². The van der Waals surface area contributed by atoms with Crippen LogP contribution in [0.2, 0.25) is 0 Å². The van der Waals surface area contributed by atoms with E-state index in [-0.39, 0.29) is 0 Å². The molecule has 0 bridgehead atoms. The highest BCUT2D eigenvalue weighted by molar-refractivity contribution is 7.84. The second-order valence-electron chi connectivity index (χ2n) is 1.38. The van der Waals surface area contributed by atoms with Crippen LogP contribution in [-0.2, 0) is 10.8 Å². The van der Waals surface area contributed by atoms with Crippen LogP contribution in [0.4, 0.5) is 0 Å². The molecule has 0 aromatic rings. The summed E-state index contributed by atoms with van der Waals surface area (Å²) in [6.07, 6.45) is 1.71. The Bertz CT molecular complexity index is 64.7. The fraction of sp³-hybridized carbons (Fsp3) is 1.00. The number of nitrogens with one attached hydrogen (secondary N) is 1. The van der Waals surface area contributed by atoms with Crippen LogP contribution in [0.5, 0.6) is 0 Å². The molecule has 0 aliphatic rings. The molecule has 0 aliphatic heterocycles. The molecule has 0 aromatic carbocycles. The summed E-state index contributed by atoms with van der Waals surface area (Å²) in [4.78, 5) is 0. The first-order valence-electron chi connectivity index (χ1n) is 2.22. The fourth-order valence-corrected chi connectivity index (χ4v) is 0.737. The summed E-state index contributed by atoms with van der Waals surface area (Å²) in [5.41, 5.74) is 0. The summed E-state index contributed by atoms with van der Waals surface area (Å²) in [5.74, 6) is 0.760. The quantitative estimate of drug-likeness (QED) is 0.549. The van der Waals surface area contributed by atoms with Crippen molar-refractivity contribution in [1.82, 2.24) is 5.32 Å². The first kappa shape index (κ1) is 7.11. The number of hydrogen-bond donors (Lipinski definition) is 1. The van der Waals surface area contributed by atoms with Crippen LogP contribution in [0.25, 0.3) is 0 Å². The Hall–Kier alpha value is 0.110. The van der Waals surface area contributed by atoms with Gasteiger partial charge in [0.1, 0.15) is 0 Å². The maximum Gasteiger partial charge on any atom is 0.0357 e. The Balaban J connectivity index is 2.82. The van der Waals surface area contributed by atoms with Crippen molar-refractivity contribution in [3.8, 4) is 0 Å². The SMILES string of the molecule is CNCC[S@@](C)=O. The minimum atomic E-state index is -0.628. The summed E-state index contributed by atoms with van der Waals surface area (Å²) in [6, 6.07) is 0. The lowest BCUT2D eigenvalue weighted by Crippen LogP contribution is -2.14. The Morgan fingerprint density at radius 2 is 2.29 bits per heavy atom. The van der Waals surface area contributed by atoms with Gasteiger partial charge in [-0.1, -0.05) is 0 Å². The Morgan fingerprint density at radius 1 is 1.71 bits per heavy atom. The monoisotopic (exact) mass is 121 g/mol. The Labute approximate surface area is 46.8 Å². The van der Waals surface area contributed by atoms with Crippen LogP contribution in [0.15, 0.2) is 0 Å². The highest BCUT2D eigenvalue weighted by Gasteiger charge is 1.84. The number of rotatable bonds is 3. The summed E-state index contributed by atoms with van der Waals surface area (Å²) in [6.45, 7) is 0.850. The summed E-state index contributed by atoms with van der Waals surface area (Å²) >= 11 is 0. The molecule has 0 saturated carbocycles. The molecule has 0 spiro atoms. The molecule has 3 heteroatoms. The molecule has 0 rings (SSSR count). The lowest BCUT2D eigenvalue weighted by atomic mass is 10.8. The van der Waals surface area contributed by atoms with Crippen molar-refractivity contribution >= 4 is 10.8 Å². The molecule has 0 unspecified atom stereocenters. The van der Waals surface area contributed by atoms with Crippen molar-refractivity contribution in [2.75, 3.05) is 25.6 Å². The third-order valence-corrected chi connectivity index (χ3v) is 1.42. The van der Waals surface area contributed by atoms with Gasteiger partial charge >= 0.3 is 0 Å². The minimum absolute atomic E-state index is 0.628. The molecule has 0 saturated heterocycles. The summed E-state index contributed by atoms with van der Waals surface area (Å²) in [5, 5.41) is 2.91. The van der Waals surface area contributed by atoms with Gasteiger partial charge < -0.3 is 5.32 Å². The van der Waals surface area contributed by atoms with Crippen LogP contribution in [0, 0.1) is 0 Å². The smallest absolute Gasteiger partial charge is 0.0357 e. The average molecular weight is 121 g/mol. The molecule has 0 fully saturated rings. The maximum atomic E-state index is 10.3. The van der Waals surface area contributed by atoms with E-state index in [4.69, 9.17) is 0 Å². The molecule has 0 amide bonds. The molecule has 0 aliphatic carbocycles. The molecule has 1 N–H and O–H groups in total. The molecular formula is C4H11NOS. The summed E-state index contributed by atoms with van der Waals surface area (Å²) in [7, 11) is 1.23. The van der Waals surface area contributed by atoms with E-state index in [0.717, 1.165) is 12.3 Å². The first-order chi connectivity index (χ1) is 3.27. The highest BCUT2D eigenvalue weighted by atomic mass is 32.2. The first-order valence-corrected chi connectivity index (χ1v) is 3.94. The predicted molar refractivity (Wildman–Crippen MR) is 32.9 cm³/mol. The van der Waals surface area contributed by atoms with Gasteiger partial charge in [-0.05, 0) is 7.05 Å². The van der Waals surface area contributed by atoms with Gasteiger partial charge in [-0.15, -0.1) is 0 Å².